The van der Waals surface area contributed by atoms with Crippen LogP contribution in [0.5, 0.6) is 0 Å². The van der Waals surface area contributed by atoms with E-state index in [1.54, 1.807) is 0 Å². The summed E-state index contributed by atoms with van der Waals surface area (Å²) in [7, 11) is 0. The Kier molecular flexibility index (Phi) is 4.78. The van der Waals surface area contributed by atoms with Gasteiger partial charge in [-0.1, -0.05) is 28.1 Å². The van der Waals surface area contributed by atoms with E-state index in [-0.39, 0.29) is 12.0 Å². The van der Waals surface area contributed by atoms with E-state index in [4.69, 9.17) is 4.74 Å². The SMILES string of the molecule is CCOC(=O)[C@H]1CC[C@@H](Cc2cccc(Br)c2)N1. The zero-order valence-electron chi connectivity index (χ0n) is 10.5. The Morgan fingerprint density at radius 3 is 3.06 bits per heavy atom. The molecule has 1 aromatic rings. The van der Waals surface area contributed by atoms with Gasteiger partial charge in [0.05, 0.1) is 6.61 Å². The molecule has 1 aromatic carbocycles. The van der Waals surface area contributed by atoms with Gasteiger partial charge in [-0.15, -0.1) is 0 Å². The first-order valence-corrected chi connectivity index (χ1v) is 7.15. The highest BCUT2D eigenvalue weighted by molar-refractivity contribution is 9.10. The van der Waals surface area contributed by atoms with Gasteiger partial charge < -0.3 is 10.1 Å². The van der Waals surface area contributed by atoms with Crippen molar-refractivity contribution < 1.29 is 9.53 Å². The Balaban J connectivity index is 1.88. The molecule has 1 N–H and O–H groups in total. The van der Waals surface area contributed by atoms with Crippen molar-refractivity contribution in [3.8, 4) is 0 Å². The second-order valence-corrected chi connectivity index (χ2v) is 5.50. The molecule has 1 aliphatic rings. The van der Waals surface area contributed by atoms with Crippen molar-refractivity contribution in [2.45, 2.75) is 38.3 Å². The van der Waals surface area contributed by atoms with Gasteiger partial charge in [-0.05, 0) is 43.9 Å². The molecule has 0 radical (unpaired) electrons. The average Bonchev–Trinajstić information content (AvgIpc) is 2.78. The molecule has 1 aliphatic heterocycles. The highest BCUT2D eigenvalue weighted by atomic mass is 79.9. The molecule has 18 heavy (non-hydrogen) atoms. The lowest BCUT2D eigenvalue weighted by atomic mass is 10.0. The Bertz CT molecular complexity index is 422. The van der Waals surface area contributed by atoms with Gasteiger partial charge >= 0.3 is 5.97 Å². The minimum Gasteiger partial charge on any atom is -0.465 e. The van der Waals surface area contributed by atoms with Crippen molar-refractivity contribution in [3.05, 3.63) is 34.3 Å². The summed E-state index contributed by atoms with van der Waals surface area (Å²) >= 11 is 3.47. The highest BCUT2D eigenvalue weighted by Gasteiger charge is 2.29. The van der Waals surface area contributed by atoms with Crippen molar-refractivity contribution in [3.63, 3.8) is 0 Å². The normalized spacial score (nSPS) is 23.0. The van der Waals surface area contributed by atoms with E-state index >= 15 is 0 Å². The zero-order valence-corrected chi connectivity index (χ0v) is 12.1. The first kappa shape index (κ1) is 13.6. The predicted octanol–water partition coefficient (Wildman–Crippen LogP) is 2.68. The second-order valence-electron chi connectivity index (χ2n) is 4.58. The Labute approximate surface area is 116 Å². The van der Waals surface area contributed by atoms with E-state index in [1.807, 2.05) is 19.1 Å². The van der Waals surface area contributed by atoms with Crippen LogP contribution in [0, 0.1) is 0 Å². The van der Waals surface area contributed by atoms with Gasteiger partial charge in [0.1, 0.15) is 6.04 Å². The number of hydrogen-bond acceptors (Lipinski definition) is 3. The van der Waals surface area contributed by atoms with Crippen LogP contribution in [0.3, 0.4) is 0 Å². The third-order valence-corrected chi connectivity index (χ3v) is 3.68. The van der Waals surface area contributed by atoms with Crippen LogP contribution in [0.15, 0.2) is 28.7 Å². The molecule has 0 saturated carbocycles. The van der Waals surface area contributed by atoms with Gasteiger partial charge in [0.15, 0.2) is 0 Å². The molecule has 1 saturated heterocycles. The number of benzene rings is 1. The summed E-state index contributed by atoms with van der Waals surface area (Å²) < 4.78 is 6.13. The zero-order chi connectivity index (χ0) is 13.0. The van der Waals surface area contributed by atoms with Gasteiger partial charge in [-0.2, -0.15) is 0 Å². The lowest BCUT2D eigenvalue weighted by molar-refractivity contribution is -0.145. The molecule has 0 spiro atoms. The van der Waals surface area contributed by atoms with Crippen molar-refractivity contribution >= 4 is 21.9 Å². The average molecular weight is 312 g/mol. The summed E-state index contributed by atoms with van der Waals surface area (Å²) in [6.07, 6.45) is 2.85. The van der Waals surface area contributed by atoms with Crippen molar-refractivity contribution in [1.29, 1.82) is 0 Å². The highest BCUT2D eigenvalue weighted by Crippen LogP contribution is 2.19. The minimum absolute atomic E-state index is 0.116. The first-order chi connectivity index (χ1) is 8.69. The lowest BCUT2D eigenvalue weighted by Gasteiger charge is -2.13. The Hall–Kier alpha value is -0.870. The van der Waals surface area contributed by atoms with Crippen LogP contribution in [0.2, 0.25) is 0 Å². The number of rotatable bonds is 4. The van der Waals surface area contributed by atoms with Crippen LogP contribution < -0.4 is 5.32 Å². The maximum atomic E-state index is 11.6. The first-order valence-electron chi connectivity index (χ1n) is 6.36. The van der Waals surface area contributed by atoms with E-state index < -0.39 is 0 Å². The molecular weight excluding hydrogens is 294 g/mol. The molecule has 2 rings (SSSR count). The molecule has 0 amide bonds. The minimum atomic E-state index is -0.123. The summed E-state index contributed by atoms with van der Waals surface area (Å²) in [6.45, 7) is 2.29. The summed E-state index contributed by atoms with van der Waals surface area (Å²) in [5.41, 5.74) is 1.28. The van der Waals surface area contributed by atoms with Crippen molar-refractivity contribution in [2.75, 3.05) is 6.61 Å². The fraction of sp³-hybridized carbons (Fsp3) is 0.500. The van der Waals surface area contributed by atoms with E-state index in [0.29, 0.717) is 12.6 Å². The third kappa shape index (κ3) is 3.56. The van der Waals surface area contributed by atoms with Crippen LogP contribution in [0.4, 0.5) is 0 Å². The fourth-order valence-corrected chi connectivity index (χ4v) is 2.80. The summed E-state index contributed by atoms with van der Waals surface area (Å²) in [5.74, 6) is -0.116. The number of esters is 1. The maximum absolute atomic E-state index is 11.6. The third-order valence-electron chi connectivity index (χ3n) is 3.18. The van der Waals surface area contributed by atoms with Gasteiger partial charge in [0.25, 0.3) is 0 Å². The molecular formula is C14H18BrNO2. The number of ether oxygens (including phenoxy) is 1. The lowest BCUT2D eigenvalue weighted by Crippen LogP contribution is -2.37. The monoisotopic (exact) mass is 311 g/mol. The van der Waals surface area contributed by atoms with Gasteiger partial charge in [-0.25, -0.2) is 0 Å². The van der Waals surface area contributed by atoms with Crippen molar-refractivity contribution in [2.24, 2.45) is 0 Å². The van der Waals surface area contributed by atoms with Crippen molar-refractivity contribution in [1.82, 2.24) is 5.32 Å². The van der Waals surface area contributed by atoms with Gasteiger partial charge in [0.2, 0.25) is 0 Å². The smallest absolute Gasteiger partial charge is 0.323 e. The molecule has 0 unspecified atom stereocenters. The molecule has 3 nitrogen and oxygen atoms in total. The van der Waals surface area contributed by atoms with Crippen LogP contribution >= 0.6 is 15.9 Å². The van der Waals surface area contributed by atoms with Gasteiger partial charge in [0, 0.05) is 10.5 Å². The molecule has 1 fully saturated rings. The standard InChI is InChI=1S/C14H18BrNO2/c1-2-18-14(17)13-7-6-12(16-13)9-10-4-3-5-11(15)8-10/h3-5,8,12-13,16H,2,6-7,9H2,1H3/t12-,13+/m0/s1. The summed E-state index contributed by atoms with van der Waals surface area (Å²) in [5, 5.41) is 3.35. The van der Waals surface area contributed by atoms with Crippen LogP contribution in [-0.2, 0) is 16.0 Å². The number of halogens is 1. The van der Waals surface area contributed by atoms with E-state index in [0.717, 1.165) is 23.7 Å². The second kappa shape index (κ2) is 6.34. The number of carbonyl (C=O) groups is 1. The number of nitrogens with one attached hydrogen (secondary N) is 1. The van der Waals surface area contributed by atoms with E-state index in [1.165, 1.54) is 5.56 Å². The largest absolute Gasteiger partial charge is 0.465 e. The molecule has 98 valence electrons. The summed E-state index contributed by atoms with van der Waals surface area (Å²) in [6, 6.07) is 8.55. The molecule has 0 bridgehead atoms. The summed E-state index contributed by atoms with van der Waals surface area (Å²) in [4.78, 5) is 11.6. The molecule has 0 aromatic heterocycles. The molecule has 1 heterocycles. The molecule has 2 atom stereocenters. The Morgan fingerprint density at radius 1 is 1.50 bits per heavy atom. The van der Waals surface area contributed by atoms with E-state index in [9.17, 15) is 4.79 Å². The number of carbonyl (C=O) groups excluding carboxylic acids is 1. The van der Waals surface area contributed by atoms with Gasteiger partial charge in [-0.3, -0.25) is 4.79 Å². The van der Waals surface area contributed by atoms with E-state index in [2.05, 4.69) is 33.4 Å². The maximum Gasteiger partial charge on any atom is 0.323 e. The topological polar surface area (TPSA) is 38.3 Å². The Morgan fingerprint density at radius 2 is 2.33 bits per heavy atom. The van der Waals surface area contributed by atoms with Crippen LogP contribution in [0.25, 0.3) is 0 Å². The predicted molar refractivity (Wildman–Crippen MR) is 74.4 cm³/mol. The quantitative estimate of drug-likeness (QED) is 0.869. The molecule has 0 aliphatic carbocycles. The van der Waals surface area contributed by atoms with Crippen LogP contribution in [0.1, 0.15) is 25.3 Å². The van der Waals surface area contributed by atoms with Crippen LogP contribution in [-0.4, -0.2) is 24.7 Å². The fourth-order valence-electron chi connectivity index (χ4n) is 2.36. The molecule has 4 heteroatoms. The number of hydrogen-bond donors (Lipinski definition) is 1.